The molecule has 0 amide bonds. The lowest BCUT2D eigenvalue weighted by atomic mass is 10.0. The van der Waals surface area contributed by atoms with Crippen LogP contribution in [-0.4, -0.2) is 14.1 Å². The van der Waals surface area contributed by atoms with E-state index in [0.29, 0.717) is 0 Å². The van der Waals surface area contributed by atoms with Gasteiger partial charge in [-0.15, -0.1) is 22.7 Å². The Bertz CT molecular complexity index is 3950. The van der Waals surface area contributed by atoms with Gasteiger partial charge in [0.05, 0.1) is 22.1 Å². The SMILES string of the molecule is c1ccc(-c2cc(-n3c4ccccc4c4cc(-c5ccc6sc7ccccc7c6c5)ccc43)nc(-n3c4ccccc4c4cc(-c5ccc6sc7ccccc7c6c5)ccc43)c2)cc1. The molecule has 14 aromatic rings. The number of para-hydroxylation sites is 2. The summed E-state index contributed by atoms with van der Waals surface area (Å²) >= 11 is 3.72. The Morgan fingerprint density at radius 2 is 0.625 bits per heavy atom. The van der Waals surface area contributed by atoms with Gasteiger partial charge >= 0.3 is 0 Å². The number of nitrogens with zero attached hydrogens (tertiary/aromatic N) is 3. The van der Waals surface area contributed by atoms with E-state index in [1.807, 2.05) is 22.7 Å². The zero-order valence-corrected chi connectivity index (χ0v) is 36.0. The van der Waals surface area contributed by atoms with E-state index >= 15 is 0 Å². The Kier molecular flexibility index (Phi) is 7.73. The maximum absolute atomic E-state index is 5.65. The summed E-state index contributed by atoms with van der Waals surface area (Å²) in [5.41, 5.74) is 11.6. The van der Waals surface area contributed by atoms with E-state index in [0.717, 1.165) is 44.8 Å². The second-order valence-corrected chi connectivity index (χ2v) is 18.9. The maximum Gasteiger partial charge on any atom is 0.140 e. The molecule has 9 aromatic carbocycles. The van der Waals surface area contributed by atoms with Gasteiger partial charge in [0.25, 0.3) is 0 Å². The van der Waals surface area contributed by atoms with E-state index in [-0.39, 0.29) is 0 Å². The van der Waals surface area contributed by atoms with Crippen LogP contribution in [0.25, 0.3) is 129 Å². The van der Waals surface area contributed by atoms with Crippen LogP contribution in [0.2, 0.25) is 0 Å². The molecule has 5 heteroatoms. The van der Waals surface area contributed by atoms with Crippen molar-refractivity contribution in [2.75, 3.05) is 0 Å². The van der Waals surface area contributed by atoms with Gasteiger partial charge in [0.1, 0.15) is 11.6 Å². The molecule has 0 aliphatic carbocycles. The number of thiophene rings is 2. The standard InChI is InChI=1S/C59H35N3S2/c1-2-12-36(13-3-1)41-34-58(61-50-18-8-4-14-42(50)46-30-37(22-26-52(46)61)39-24-28-56-48(32-39)44-16-6-10-20-54(44)63-56)60-59(35-41)62-51-19-9-5-15-43(51)47-31-38(23-27-53(47)62)40-25-29-57-49(33-40)45-17-7-11-21-55(45)64-57/h1-35H. The Hall–Kier alpha value is -7.83. The van der Waals surface area contributed by atoms with E-state index in [1.54, 1.807) is 0 Å². The minimum Gasteiger partial charge on any atom is -0.294 e. The second-order valence-electron chi connectivity index (χ2n) is 16.7. The smallest absolute Gasteiger partial charge is 0.140 e. The van der Waals surface area contributed by atoms with Gasteiger partial charge in [0.2, 0.25) is 0 Å². The molecule has 298 valence electrons. The summed E-state index contributed by atoms with van der Waals surface area (Å²) in [6.07, 6.45) is 0. The highest BCUT2D eigenvalue weighted by molar-refractivity contribution is 7.26. The molecule has 0 aliphatic rings. The molecule has 0 N–H and O–H groups in total. The maximum atomic E-state index is 5.65. The molecule has 14 rings (SSSR count). The summed E-state index contributed by atoms with van der Waals surface area (Å²) < 4.78 is 9.99. The number of hydrogen-bond donors (Lipinski definition) is 0. The number of pyridine rings is 1. The number of benzene rings is 9. The molecule has 0 unspecified atom stereocenters. The van der Waals surface area contributed by atoms with E-state index in [2.05, 4.69) is 221 Å². The van der Waals surface area contributed by atoms with Gasteiger partial charge in [-0.25, -0.2) is 4.98 Å². The molecule has 0 aliphatic heterocycles. The molecule has 0 saturated carbocycles. The fraction of sp³-hybridized carbons (Fsp3) is 0. The lowest BCUT2D eigenvalue weighted by molar-refractivity contribution is 1.01. The van der Waals surface area contributed by atoms with Crippen LogP contribution in [0.15, 0.2) is 212 Å². The minimum atomic E-state index is 0.875. The minimum absolute atomic E-state index is 0.875. The van der Waals surface area contributed by atoms with E-state index in [4.69, 9.17) is 4.98 Å². The molecule has 0 saturated heterocycles. The van der Waals surface area contributed by atoms with Crippen molar-refractivity contribution in [2.45, 2.75) is 0 Å². The molecule has 0 bridgehead atoms. The van der Waals surface area contributed by atoms with Gasteiger partial charge < -0.3 is 0 Å². The molecule has 3 nitrogen and oxygen atoms in total. The Morgan fingerprint density at radius 3 is 1.12 bits per heavy atom. The molecule has 5 aromatic heterocycles. The topological polar surface area (TPSA) is 22.8 Å². The lowest BCUT2D eigenvalue weighted by Gasteiger charge is -2.15. The van der Waals surface area contributed by atoms with Crippen LogP contribution in [0.5, 0.6) is 0 Å². The van der Waals surface area contributed by atoms with Crippen LogP contribution in [0.1, 0.15) is 0 Å². The number of hydrogen-bond acceptors (Lipinski definition) is 3. The normalized spacial score (nSPS) is 12.1. The molecule has 5 heterocycles. The van der Waals surface area contributed by atoms with Crippen molar-refractivity contribution in [3.63, 3.8) is 0 Å². The predicted octanol–water partition coefficient (Wildman–Crippen LogP) is 17.0. The monoisotopic (exact) mass is 849 g/mol. The van der Waals surface area contributed by atoms with Gasteiger partial charge in [-0.1, -0.05) is 127 Å². The first kappa shape index (κ1) is 35.7. The molecule has 0 fully saturated rings. The first-order valence-electron chi connectivity index (χ1n) is 21.7. The third-order valence-electron chi connectivity index (χ3n) is 13.1. The zero-order valence-electron chi connectivity index (χ0n) is 34.4. The van der Waals surface area contributed by atoms with Crippen LogP contribution < -0.4 is 0 Å². The van der Waals surface area contributed by atoms with Crippen LogP contribution >= 0.6 is 22.7 Å². The summed E-state index contributed by atoms with van der Waals surface area (Å²) in [5.74, 6) is 1.75. The average Bonchev–Trinajstić information content (AvgIpc) is 4.11. The van der Waals surface area contributed by atoms with Crippen molar-refractivity contribution in [3.8, 4) is 45.0 Å². The van der Waals surface area contributed by atoms with Gasteiger partial charge in [0.15, 0.2) is 0 Å². The van der Waals surface area contributed by atoms with Gasteiger partial charge in [-0.3, -0.25) is 9.13 Å². The van der Waals surface area contributed by atoms with Crippen molar-refractivity contribution < 1.29 is 0 Å². The highest BCUT2D eigenvalue weighted by Gasteiger charge is 2.20. The van der Waals surface area contributed by atoms with Crippen molar-refractivity contribution in [1.29, 1.82) is 0 Å². The van der Waals surface area contributed by atoms with Crippen LogP contribution in [0.3, 0.4) is 0 Å². The second kappa shape index (κ2) is 13.8. The van der Waals surface area contributed by atoms with Gasteiger partial charge in [-0.05, 0) is 118 Å². The summed E-state index contributed by atoms with van der Waals surface area (Å²) in [5, 5.41) is 10.1. The molecule has 0 spiro atoms. The number of fused-ring (bicyclic) bond motifs is 12. The van der Waals surface area contributed by atoms with Gasteiger partial charge in [-0.2, -0.15) is 0 Å². The number of rotatable bonds is 5. The first-order valence-corrected chi connectivity index (χ1v) is 23.3. The van der Waals surface area contributed by atoms with Gasteiger partial charge in [0, 0.05) is 61.9 Å². The average molecular weight is 850 g/mol. The molecule has 0 atom stereocenters. The summed E-state index contributed by atoms with van der Waals surface area (Å²) in [6.45, 7) is 0. The fourth-order valence-electron chi connectivity index (χ4n) is 10.1. The highest BCUT2D eigenvalue weighted by atomic mass is 32.1. The quantitative estimate of drug-likeness (QED) is 0.169. The zero-order chi connectivity index (χ0) is 41.9. The van der Waals surface area contributed by atoms with E-state index in [1.165, 1.54) is 84.1 Å². The third kappa shape index (κ3) is 5.41. The Balaban J connectivity index is 0.966. The van der Waals surface area contributed by atoms with Crippen LogP contribution in [0, 0.1) is 0 Å². The van der Waals surface area contributed by atoms with Crippen LogP contribution in [-0.2, 0) is 0 Å². The molecular formula is C59H35N3S2. The Morgan fingerprint density at radius 1 is 0.250 bits per heavy atom. The lowest BCUT2D eigenvalue weighted by Crippen LogP contribution is -2.04. The van der Waals surface area contributed by atoms with Crippen molar-refractivity contribution in [1.82, 2.24) is 14.1 Å². The highest BCUT2D eigenvalue weighted by Crippen LogP contribution is 2.42. The van der Waals surface area contributed by atoms with E-state index in [9.17, 15) is 0 Å². The van der Waals surface area contributed by atoms with E-state index < -0.39 is 0 Å². The third-order valence-corrected chi connectivity index (χ3v) is 15.4. The summed E-state index contributed by atoms with van der Waals surface area (Å²) in [7, 11) is 0. The predicted molar refractivity (Wildman–Crippen MR) is 275 cm³/mol. The number of aromatic nitrogens is 3. The Labute approximate surface area is 376 Å². The fourth-order valence-corrected chi connectivity index (χ4v) is 12.3. The summed E-state index contributed by atoms with van der Waals surface area (Å²) in [6, 6.07) is 77.9. The van der Waals surface area contributed by atoms with Crippen molar-refractivity contribution >= 4 is 107 Å². The molecular weight excluding hydrogens is 815 g/mol. The molecule has 64 heavy (non-hydrogen) atoms. The van der Waals surface area contributed by atoms with Crippen molar-refractivity contribution in [2.24, 2.45) is 0 Å². The molecule has 0 radical (unpaired) electrons. The summed E-state index contributed by atoms with van der Waals surface area (Å²) in [4.78, 5) is 5.65. The van der Waals surface area contributed by atoms with Crippen molar-refractivity contribution in [3.05, 3.63) is 212 Å². The first-order chi connectivity index (χ1) is 31.7. The largest absolute Gasteiger partial charge is 0.294 e. The van der Waals surface area contributed by atoms with Crippen LogP contribution in [0.4, 0.5) is 0 Å².